The number of piperidine rings is 1. The highest BCUT2D eigenvalue weighted by atomic mass is 16.1. The van der Waals surface area contributed by atoms with Crippen molar-refractivity contribution in [1.29, 1.82) is 0 Å². The van der Waals surface area contributed by atoms with Crippen LogP contribution >= 0.6 is 0 Å². The van der Waals surface area contributed by atoms with Crippen LogP contribution in [0.15, 0.2) is 30.3 Å². The van der Waals surface area contributed by atoms with Crippen LogP contribution in [0.3, 0.4) is 0 Å². The Kier molecular flexibility index (Phi) is 4.97. The largest absolute Gasteiger partial charge is 0.369 e. The van der Waals surface area contributed by atoms with E-state index < -0.39 is 0 Å². The SMILES string of the molecule is CC(CCN1CCCC(C(N)=O)C1)c1ccccc1. The summed E-state index contributed by atoms with van der Waals surface area (Å²) >= 11 is 0. The highest BCUT2D eigenvalue weighted by Crippen LogP contribution is 2.21. The maximum absolute atomic E-state index is 11.3. The molecule has 3 heteroatoms. The molecule has 1 saturated heterocycles. The summed E-state index contributed by atoms with van der Waals surface area (Å²) in [6, 6.07) is 10.6. The van der Waals surface area contributed by atoms with Gasteiger partial charge in [0.15, 0.2) is 0 Å². The second-order valence-electron chi connectivity index (χ2n) is 5.64. The highest BCUT2D eigenvalue weighted by Gasteiger charge is 2.23. The molecule has 1 aromatic rings. The average Bonchev–Trinajstić information content (AvgIpc) is 2.46. The molecule has 0 saturated carbocycles. The van der Waals surface area contributed by atoms with Gasteiger partial charge in [-0.25, -0.2) is 0 Å². The van der Waals surface area contributed by atoms with E-state index in [1.807, 2.05) is 0 Å². The molecule has 0 bridgehead atoms. The lowest BCUT2D eigenvalue weighted by molar-refractivity contribution is -0.123. The monoisotopic (exact) mass is 260 g/mol. The van der Waals surface area contributed by atoms with Crippen molar-refractivity contribution in [3.63, 3.8) is 0 Å². The first kappa shape index (κ1) is 14.1. The zero-order chi connectivity index (χ0) is 13.7. The van der Waals surface area contributed by atoms with Crippen molar-refractivity contribution in [2.45, 2.75) is 32.1 Å². The number of likely N-dealkylation sites (tertiary alicyclic amines) is 1. The third kappa shape index (κ3) is 4.06. The predicted molar refractivity (Wildman–Crippen MR) is 77.8 cm³/mol. The number of primary amides is 1. The smallest absolute Gasteiger partial charge is 0.221 e. The Morgan fingerprint density at radius 3 is 2.84 bits per heavy atom. The molecule has 2 unspecified atom stereocenters. The van der Waals surface area contributed by atoms with Crippen LogP contribution < -0.4 is 5.73 Å². The standard InChI is InChI=1S/C16H24N2O/c1-13(14-6-3-2-4-7-14)9-11-18-10-5-8-15(12-18)16(17)19/h2-4,6-7,13,15H,5,8-12H2,1H3,(H2,17,19). The molecule has 1 aliphatic rings. The van der Waals surface area contributed by atoms with E-state index in [9.17, 15) is 4.79 Å². The van der Waals surface area contributed by atoms with Crippen LogP contribution in [0.5, 0.6) is 0 Å². The van der Waals surface area contributed by atoms with Crippen LogP contribution in [0, 0.1) is 5.92 Å². The fourth-order valence-electron chi connectivity index (χ4n) is 2.82. The Bertz CT molecular complexity index is 404. The Labute approximate surface area is 115 Å². The fourth-order valence-corrected chi connectivity index (χ4v) is 2.82. The van der Waals surface area contributed by atoms with Gasteiger partial charge in [-0.05, 0) is 43.8 Å². The van der Waals surface area contributed by atoms with Gasteiger partial charge in [0, 0.05) is 6.54 Å². The molecule has 0 spiro atoms. The molecule has 0 aliphatic carbocycles. The highest BCUT2D eigenvalue weighted by molar-refractivity contribution is 5.76. The van der Waals surface area contributed by atoms with E-state index in [1.165, 1.54) is 5.56 Å². The first-order valence-corrected chi connectivity index (χ1v) is 7.23. The number of amides is 1. The van der Waals surface area contributed by atoms with E-state index in [0.29, 0.717) is 5.92 Å². The topological polar surface area (TPSA) is 46.3 Å². The van der Waals surface area contributed by atoms with Gasteiger partial charge in [-0.3, -0.25) is 4.79 Å². The van der Waals surface area contributed by atoms with Crippen LogP contribution in [-0.4, -0.2) is 30.4 Å². The number of carbonyl (C=O) groups is 1. The van der Waals surface area contributed by atoms with E-state index in [0.717, 1.165) is 38.9 Å². The molecule has 1 fully saturated rings. The number of nitrogens with two attached hydrogens (primary N) is 1. The quantitative estimate of drug-likeness (QED) is 0.883. The molecule has 2 N–H and O–H groups in total. The van der Waals surface area contributed by atoms with Gasteiger partial charge in [0.1, 0.15) is 0 Å². The molecule has 104 valence electrons. The van der Waals surface area contributed by atoms with E-state index in [2.05, 4.69) is 42.2 Å². The zero-order valence-corrected chi connectivity index (χ0v) is 11.7. The predicted octanol–water partition coefficient (Wildman–Crippen LogP) is 2.38. The van der Waals surface area contributed by atoms with Gasteiger partial charge < -0.3 is 10.6 Å². The first-order valence-electron chi connectivity index (χ1n) is 7.23. The first-order chi connectivity index (χ1) is 9.16. The molecule has 2 rings (SSSR count). The minimum Gasteiger partial charge on any atom is -0.369 e. The summed E-state index contributed by atoms with van der Waals surface area (Å²) in [5, 5.41) is 0. The van der Waals surface area contributed by atoms with Crippen LogP contribution in [-0.2, 0) is 4.79 Å². The summed E-state index contributed by atoms with van der Waals surface area (Å²) < 4.78 is 0. The maximum Gasteiger partial charge on any atom is 0.221 e. The van der Waals surface area contributed by atoms with Crippen molar-refractivity contribution in [2.24, 2.45) is 11.7 Å². The second-order valence-corrected chi connectivity index (χ2v) is 5.64. The maximum atomic E-state index is 11.3. The molecule has 1 amide bonds. The van der Waals surface area contributed by atoms with Crippen molar-refractivity contribution in [1.82, 2.24) is 4.90 Å². The summed E-state index contributed by atoms with van der Waals surface area (Å²) in [5.74, 6) is 0.483. The number of carbonyl (C=O) groups excluding carboxylic acids is 1. The molecule has 1 aromatic carbocycles. The van der Waals surface area contributed by atoms with E-state index in [4.69, 9.17) is 5.73 Å². The van der Waals surface area contributed by atoms with Crippen LogP contribution in [0.2, 0.25) is 0 Å². The minimum absolute atomic E-state index is 0.0563. The molecule has 1 aliphatic heterocycles. The van der Waals surface area contributed by atoms with Gasteiger partial charge in [-0.1, -0.05) is 37.3 Å². The number of benzene rings is 1. The second kappa shape index (κ2) is 6.71. The van der Waals surface area contributed by atoms with Crippen LogP contribution in [0.1, 0.15) is 37.7 Å². The van der Waals surface area contributed by atoms with Gasteiger partial charge in [0.05, 0.1) is 5.92 Å². The number of nitrogens with zero attached hydrogens (tertiary/aromatic N) is 1. The van der Waals surface area contributed by atoms with Gasteiger partial charge >= 0.3 is 0 Å². The Morgan fingerprint density at radius 2 is 2.16 bits per heavy atom. The van der Waals surface area contributed by atoms with E-state index >= 15 is 0 Å². The Hall–Kier alpha value is -1.35. The molecular formula is C16H24N2O. The van der Waals surface area contributed by atoms with Crippen molar-refractivity contribution in [3.8, 4) is 0 Å². The van der Waals surface area contributed by atoms with Gasteiger partial charge in [0.25, 0.3) is 0 Å². The third-order valence-electron chi connectivity index (χ3n) is 4.15. The van der Waals surface area contributed by atoms with Gasteiger partial charge in [-0.15, -0.1) is 0 Å². The fraction of sp³-hybridized carbons (Fsp3) is 0.562. The minimum atomic E-state index is -0.138. The average molecular weight is 260 g/mol. The molecule has 19 heavy (non-hydrogen) atoms. The summed E-state index contributed by atoms with van der Waals surface area (Å²) in [4.78, 5) is 13.6. The Morgan fingerprint density at radius 1 is 1.42 bits per heavy atom. The summed E-state index contributed by atoms with van der Waals surface area (Å²) in [6.07, 6.45) is 3.18. The number of hydrogen-bond donors (Lipinski definition) is 1. The van der Waals surface area contributed by atoms with Crippen molar-refractivity contribution in [2.75, 3.05) is 19.6 Å². The zero-order valence-electron chi connectivity index (χ0n) is 11.7. The molecule has 1 heterocycles. The lowest BCUT2D eigenvalue weighted by atomic mass is 9.95. The molecule has 2 atom stereocenters. The summed E-state index contributed by atoms with van der Waals surface area (Å²) in [6.45, 7) is 5.27. The lowest BCUT2D eigenvalue weighted by Crippen LogP contribution is -2.41. The summed E-state index contributed by atoms with van der Waals surface area (Å²) in [7, 11) is 0. The molecular weight excluding hydrogens is 236 g/mol. The normalized spacial score (nSPS) is 22.1. The molecule has 0 aromatic heterocycles. The lowest BCUT2D eigenvalue weighted by Gasteiger charge is -2.31. The number of hydrogen-bond acceptors (Lipinski definition) is 2. The van der Waals surface area contributed by atoms with Gasteiger partial charge in [-0.2, -0.15) is 0 Å². The summed E-state index contributed by atoms with van der Waals surface area (Å²) in [5.41, 5.74) is 6.81. The van der Waals surface area contributed by atoms with Crippen LogP contribution in [0.4, 0.5) is 0 Å². The number of rotatable bonds is 5. The Balaban J connectivity index is 1.80. The van der Waals surface area contributed by atoms with Crippen molar-refractivity contribution >= 4 is 5.91 Å². The van der Waals surface area contributed by atoms with Crippen molar-refractivity contribution in [3.05, 3.63) is 35.9 Å². The molecule has 3 nitrogen and oxygen atoms in total. The van der Waals surface area contributed by atoms with E-state index in [-0.39, 0.29) is 11.8 Å². The third-order valence-corrected chi connectivity index (χ3v) is 4.15. The van der Waals surface area contributed by atoms with Crippen LogP contribution in [0.25, 0.3) is 0 Å². The van der Waals surface area contributed by atoms with Crippen molar-refractivity contribution < 1.29 is 4.79 Å². The molecule has 0 radical (unpaired) electrons. The van der Waals surface area contributed by atoms with E-state index in [1.54, 1.807) is 0 Å². The van der Waals surface area contributed by atoms with Gasteiger partial charge in [0.2, 0.25) is 5.91 Å².